The monoisotopic (exact) mass is 284 g/mol. The van der Waals surface area contributed by atoms with E-state index in [-0.39, 0.29) is 10.3 Å². The summed E-state index contributed by atoms with van der Waals surface area (Å²) in [5.41, 5.74) is 0.506. The summed E-state index contributed by atoms with van der Waals surface area (Å²) in [4.78, 5) is 7.95. The highest BCUT2D eigenvalue weighted by molar-refractivity contribution is 6.33. The second kappa shape index (κ2) is 4.82. The van der Waals surface area contributed by atoms with Gasteiger partial charge < -0.3 is 0 Å². The first-order chi connectivity index (χ1) is 8.43. The topological polar surface area (TPSA) is 25.8 Å². The lowest BCUT2D eigenvalue weighted by Crippen LogP contribution is -2.23. The smallest absolute Gasteiger partial charge is 0.197 e. The summed E-state index contributed by atoms with van der Waals surface area (Å²) in [6.45, 7) is 3.87. The minimum Gasteiger partial charge on any atom is -0.217 e. The maximum Gasteiger partial charge on any atom is 0.197 e. The van der Waals surface area contributed by atoms with Crippen LogP contribution in [-0.4, -0.2) is 9.97 Å². The van der Waals surface area contributed by atoms with Gasteiger partial charge in [0.2, 0.25) is 0 Å². The molecule has 0 amide bonds. The van der Waals surface area contributed by atoms with E-state index in [1.54, 1.807) is 0 Å². The highest BCUT2D eigenvalue weighted by atomic mass is 35.5. The van der Waals surface area contributed by atoms with E-state index in [2.05, 4.69) is 9.97 Å². The molecule has 0 unspecified atom stereocenters. The van der Waals surface area contributed by atoms with Crippen molar-refractivity contribution in [2.75, 3.05) is 0 Å². The van der Waals surface area contributed by atoms with Crippen LogP contribution < -0.4 is 0 Å². The van der Waals surface area contributed by atoms with E-state index in [0.717, 1.165) is 5.56 Å². The SMILES string of the molecule is CC(C)(c1ccccc1)c1nc(Cl)c(F)c(Cl)n1. The zero-order valence-electron chi connectivity index (χ0n) is 9.92. The minimum atomic E-state index is -0.786. The van der Waals surface area contributed by atoms with Crippen molar-refractivity contribution in [3.05, 3.63) is 57.8 Å². The van der Waals surface area contributed by atoms with Crippen LogP contribution in [0.2, 0.25) is 10.3 Å². The van der Waals surface area contributed by atoms with Crippen LogP contribution in [0.1, 0.15) is 25.2 Å². The molecule has 0 fully saturated rings. The number of nitrogens with zero attached hydrogens (tertiary/aromatic N) is 2. The highest BCUT2D eigenvalue weighted by Gasteiger charge is 2.28. The zero-order valence-corrected chi connectivity index (χ0v) is 11.4. The predicted octanol–water partition coefficient (Wildman–Crippen LogP) is 4.25. The van der Waals surface area contributed by atoms with Gasteiger partial charge in [-0.3, -0.25) is 0 Å². The molecule has 1 heterocycles. The highest BCUT2D eigenvalue weighted by Crippen LogP contribution is 2.31. The Hall–Kier alpha value is -1.19. The van der Waals surface area contributed by atoms with Gasteiger partial charge in [0.05, 0.1) is 0 Å². The molecule has 2 nitrogen and oxygen atoms in total. The number of aromatic nitrogens is 2. The third kappa shape index (κ3) is 2.33. The normalized spacial score (nSPS) is 11.6. The molecule has 2 aromatic rings. The van der Waals surface area contributed by atoms with Crippen molar-refractivity contribution < 1.29 is 4.39 Å². The van der Waals surface area contributed by atoms with E-state index in [4.69, 9.17) is 23.2 Å². The molecule has 1 aromatic heterocycles. The maximum atomic E-state index is 13.3. The molecule has 0 aliphatic heterocycles. The summed E-state index contributed by atoms with van der Waals surface area (Å²) in [7, 11) is 0. The maximum absolute atomic E-state index is 13.3. The van der Waals surface area contributed by atoms with Crippen LogP contribution >= 0.6 is 23.2 Å². The van der Waals surface area contributed by atoms with Gasteiger partial charge in [-0.25, -0.2) is 14.4 Å². The van der Waals surface area contributed by atoms with Gasteiger partial charge in [0.25, 0.3) is 0 Å². The third-order valence-corrected chi connectivity index (χ3v) is 3.33. The van der Waals surface area contributed by atoms with E-state index >= 15 is 0 Å². The predicted molar refractivity (Wildman–Crippen MR) is 70.6 cm³/mol. The molecule has 0 N–H and O–H groups in total. The van der Waals surface area contributed by atoms with Crippen LogP contribution in [0.25, 0.3) is 0 Å². The Morgan fingerprint density at radius 3 is 2.00 bits per heavy atom. The molecule has 0 aliphatic carbocycles. The molecule has 94 valence electrons. The molecule has 0 spiro atoms. The largest absolute Gasteiger partial charge is 0.217 e. The summed E-state index contributed by atoms with van der Waals surface area (Å²) in [5, 5.41) is -0.511. The Bertz CT molecular complexity index is 547. The lowest BCUT2D eigenvalue weighted by Gasteiger charge is -2.23. The van der Waals surface area contributed by atoms with Crippen LogP contribution in [0.4, 0.5) is 4.39 Å². The molecule has 0 saturated carbocycles. The van der Waals surface area contributed by atoms with Crippen LogP contribution in [0.5, 0.6) is 0 Å². The molecule has 0 saturated heterocycles. The molecule has 0 radical (unpaired) electrons. The lowest BCUT2D eigenvalue weighted by atomic mass is 9.84. The van der Waals surface area contributed by atoms with Crippen LogP contribution in [-0.2, 0) is 5.41 Å². The molecular formula is C13H11Cl2FN2. The first-order valence-corrected chi connectivity index (χ1v) is 6.13. The van der Waals surface area contributed by atoms with Crippen molar-refractivity contribution in [2.45, 2.75) is 19.3 Å². The van der Waals surface area contributed by atoms with Gasteiger partial charge in [-0.15, -0.1) is 0 Å². The number of halogens is 3. The van der Waals surface area contributed by atoms with Crippen LogP contribution in [0.3, 0.4) is 0 Å². The van der Waals surface area contributed by atoms with E-state index in [0.29, 0.717) is 5.82 Å². The van der Waals surface area contributed by atoms with Crippen molar-refractivity contribution in [3.63, 3.8) is 0 Å². The Morgan fingerprint density at radius 1 is 1.00 bits per heavy atom. The van der Waals surface area contributed by atoms with Crippen LogP contribution in [0, 0.1) is 5.82 Å². The Labute approximate surface area is 115 Å². The fraction of sp³-hybridized carbons (Fsp3) is 0.231. The van der Waals surface area contributed by atoms with E-state index < -0.39 is 11.2 Å². The lowest BCUT2D eigenvalue weighted by molar-refractivity contribution is 0.563. The zero-order chi connectivity index (χ0) is 13.3. The van der Waals surface area contributed by atoms with Crippen molar-refractivity contribution >= 4 is 23.2 Å². The van der Waals surface area contributed by atoms with Gasteiger partial charge in [0.15, 0.2) is 16.1 Å². The van der Waals surface area contributed by atoms with Crippen LogP contribution in [0.15, 0.2) is 30.3 Å². The van der Waals surface area contributed by atoms with Crippen molar-refractivity contribution in [1.29, 1.82) is 0 Å². The van der Waals surface area contributed by atoms with E-state index in [9.17, 15) is 4.39 Å². The van der Waals surface area contributed by atoms with Crippen molar-refractivity contribution in [3.8, 4) is 0 Å². The van der Waals surface area contributed by atoms with Gasteiger partial charge in [0.1, 0.15) is 5.82 Å². The van der Waals surface area contributed by atoms with Crippen molar-refractivity contribution in [2.24, 2.45) is 0 Å². The number of rotatable bonds is 2. The Morgan fingerprint density at radius 2 is 1.50 bits per heavy atom. The summed E-state index contributed by atoms with van der Waals surface area (Å²) in [5.74, 6) is -0.393. The fourth-order valence-electron chi connectivity index (χ4n) is 1.66. The first-order valence-electron chi connectivity index (χ1n) is 5.37. The average Bonchev–Trinajstić information content (AvgIpc) is 2.36. The van der Waals surface area contributed by atoms with Gasteiger partial charge in [-0.1, -0.05) is 53.5 Å². The minimum absolute atomic E-state index is 0.256. The van der Waals surface area contributed by atoms with Gasteiger partial charge >= 0.3 is 0 Å². The first kappa shape index (κ1) is 13.2. The molecule has 2 rings (SSSR count). The second-order valence-electron chi connectivity index (χ2n) is 4.43. The molecule has 1 aromatic carbocycles. The second-order valence-corrected chi connectivity index (χ2v) is 5.15. The number of hydrogen-bond donors (Lipinski definition) is 0. The van der Waals surface area contributed by atoms with E-state index in [1.807, 2.05) is 44.2 Å². The molecule has 5 heteroatoms. The van der Waals surface area contributed by atoms with Crippen molar-refractivity contribution in [1.82, 2.24) is 9.97 Å². The Balaban J connectivity index is 2.54. The fourth-order valence-corrected chi connectivity index (χ4v) is 2.05. The molecule has 18 heavy (non-hydrogen) atoms. The summed E-state index contributed by atoms with van der Waals surface area (Å²) >= 11 is 11.4. The molecule has 0 atom stereocenters. The average molecular weight is 285 g/mol. The quantitative estimate of drug-likeness (QED) is 0.771. The molecule has 0 bridgehead atoms. The summed E-state index contributed by atoms with van der Waals surface area (Å²) < 4.78 is 13.3. The summed E-state index contributed by atoms with van der Waals surface area (Å²) in [6, 6.07) is 9.67. The molecular weight excluding hydrogens is 274 g/mol. The van der Waals surface area contributed by atoms with Gasteiger partial charge in [-0.05, 0) is 19.4 Å². The van der Waals surface area contributed by atoms with Gasteiger partial charge in [0, 0.05) is 5.41 Å². The standard InChI is InChI=1S/C13H11Cl2FN2/c1-13(2,8-6-4-3-5-7-8)12-17-10(14)9(16)11(15)18-12/h3-7H,1-2H3. The Kier molecular flexibility index (Phi) is 3.55. The molecule has 0 aliphatic rings. The van der Waals surface area contributed by atoms with Gasteiger partial charge in [-0.2, -0.15) is 0 Å². The number of hydrogen-bond acceptors (Lipinski definition) is 2. The van der Waals surface area contributed by atoms with E-state index in [1.165, 1.54) is 0 Å². The third-order valence-electron chi connectivity index (χ3n) is 2.82. The number of benzene rings is 1. The summed E-state index contributed by atoms with van der Waals surface area (Å²) in [6.07, 6.45) is 0.